The topological polar surface area (TPSA) is 35.1 Å². The number of hydrogen-bond donors (Lipinski definition) is 0. The van der Waals surface area contributed by atoms with Crippen LogP contribution in [0.5, 0.6) is 0 Å². The van der Waals surface area contributed by atoms with Crippen molar-refractivity contribution in [1.29, 1.82) is 0 Å². The first kappa shape index (κ1) is 13.1. The lowest BCUT2D eigenvalue weighted by Gasteiger charge is -2.03. The maximum absolute atomic E-state index is 4.62. The summed E-state index contributed by atoms with van der Waals surface area (Å²) in [5.74, 6) is 1.26. The van der Waals surface area contributed by atoms with Crippen LogP contribution in [-0.4, -0.2) is 19.2 Å². The quantitative estimate of drug-likeness (QED) is 0.559. The van der Waals surface area contributed by atoms with E-state index in [2.05, 4.69) is 59.9 Å². The summed E-state index contributed by atoms with van der Waals surface area (Å²) in [6, 6.07) is 12.4. The molecule has 0 atom stereocenters. The molecule has 0 spiro atoms. The number of aromatic nitrogens is 4. The molecule has 0 unspecified atom stereocenters. The molecular formula is C18H18N4. The monoisotopic (exact) mass is 290 g/mol. The largest absolute Gasteiger partial charge is 0.350 e. The van der Waals surface area contributed by atoms with Gasteiger partial charge in [0.1, 0.15) is 0 Å². The normalized spacial score (nSPS) is 11.8. The highest BCUT2D eigenvalue weighted by Crippen LogP contribution is 2.30. The van der Waals surface area contributed by atoms with Crippen LogP contribution in [0.3, 0.4) is 0 Å². The molecule has 0 radical (unpaired) electrons. The summed E-state index contributed by atoms with van der Waals surface area (Å²) < 4.78 is 4.00. The number of hydrogen-bond acceptors (Lipinski definition) is 2. The molecule has 0 amide bonds. The van der Waals surface area contributed by atoms with Crippen LogP contribution >= 0.6 is 0 Å². The van der Waals surface area contributed by atoms with Crippen LogP contribution in [0, 0.1) is 0 Å². The van der Waals surface area contributed by atoms with Crippen molar-refractivity contribution in [2.24, 2.45) is 7.05 Å². The molecule has 0 aliphatic rings. The fourth-order valence-electron chi connectivity index (χ4n) is 2.98. The summed E-state index contributed by atoms with van der Waals surface area (Å²) in [5.41, 5.74) is 4.54. The van der Waals surface area contributed by atoms with E-state index in [9.17, 15) is 0 Å². The van der Waals surface area contributed by atoms with Gasteiger partial charge in [0.05, 0.1) is 0 Å². The fourth-order valence-corrected chi connectivity index (χ4v) is 2.98. The van der Waals surface area contributed by atoms with Crippen molar-refractivity contribution in [3.63, 3.8) is 0 Å². The Morgan fingerprint density at radius 1 is 1.09 bits per heavy atom. The van der Waals surface area contributed by atoms with E-state index in [0.29, 0.717) is 5.92 Å². The lowest BCUT2D eigenvalue weighted by molar-refractivity contribution is 0.857. The summed E-state index contributed by atoms with van der Waals surface area (Å²) in [5, 5.41) is 5.86. The Hall–Kier alpha value is -2.62. The van der Waals surface area contributed by atoms with Gasteiger partial charge in [0.25, 0.3) is 0 Å². The highest BCUT2D eigenvalue weighted by Gasteiger charge is 2.13. The molecule has 4 rings (SSSR count). The van der Waals surface area contributed by atoms with E-state index >= 15 is 0 Å². The number of nitrogens with zero attached hydrogens (tertiary/aromatic N) is 4. The van der Waals surface area contributed by atoms with Crippen LogP contribution in [-0.2, 0) is 7.05 Å². The Morgan fingerprint density at radius 2 is 1.95 bits per heavy atom. The Bertz CT molecular complexity index is 942. The van der Waals surface area contributed by atoms with E-state index < -0.39 is 0 Å². The van der Waals surface area contributed by atoms with Gasteiger partial charge in [-0.1, -0.05) is 19.9 Å². The number of fused-ring (bicyclic) bond motifs is 2. The summed E-state index contributed by atoms with van der Waals surface area (Å²) in [4.78, 5) is 4.62. The van der Waals surface area contributed by atoms with E-state index in [-0.39, 0.29) is 0 Å². The minimum Gasteiger partial charge on any atom is -0.350 e. The SMILES string of the molecule is CC(C)c1cn(C)c2ccc(-c3nc4ccccn4n3)cc12. The van der Waals surface area contributed by atoms with Crippen LogP contribution in [0.15, 0.2) is 48.8 Å². The van der Waals surface area contributed by atoms with Crippen LogP contribution in [0.2, 0.25) is 0 Å². The molecule has 22 heavy (non-hydrogen) atoms. The molecule has 0 aliphatic carbocycles. The summed E-state index contributed by atoms with van der Waals surface area (Å²) in [7, 11) is 2.09. The summed E-state index contributed by atoms with van der Waals surface area (Å²) in [6.45, 7) is 4.45. The number of rotatable bonds is 2. The van der Waals surface area contributed by atoms with E-state index in [4.69, 9.17) is 0 Å². The van der Waals surface area contributed by atoms with Crippen molar-refractivity contribution in [2.75, 3.05) is 0 Å². The molecule has 0 aliphatic heterocycles. The van der Waals surface area contributed by atoms with Gasteiger partial charge in [0.15, 0.2) is 11.5 Å². The average molecular weight is 290 g/mol. The molecule has 0 saturated carbocycles. The zero-order chi connectivity index (χ0) is 15.3. The van der Waals surface area contributed by atoms with E-state index in [0.717, 1.165) is 17.0 Å². The third-order valence-corrected chi connectivity index (χ3v) is 4.14. The molecule has 0 N–H and O–H groups in total. The minimum absolute atomic E-state index is 0.493. The fraction of sp³-hybridized carbons (Fsp3) is 0.222. The second-order valence-electron chi connectivity index (χ2n) is 6.02. The summed E-state index contributed by atoms with van der Waals surface area (Å²) in [6.07, 6.45) is 4.14. The zero-order valence-corrected chi connectivity index (χ0v) is 13.0. The van der Waals surface area contributed by atoms with Crippen molar-refractivity contribution in [3.05, 3.63) is 54.4 Å². The first-order valence-corrected chi connectivity index (χ1v) is 7.54. The third kappa shape index (κ3) is 1.91. The van der Waals surface area contributed by atoms with Crippen molar-refractivity contribution in [3.8, 4) is 11.4 Å². The molecular weight excluding hydrogens is 272 g/mol. The highest BCUT2D eigenvalue weighted by atomic mass is 15.3. The number of aryl methyl sites for hydroxylation is 1. The van der Waals surface area contributed by atoms with Gasteiger partial charge in [-0.2, -0.15) is 0 Å². The molecule has 4 nitrogen and oxygen atoms in total. The van der Waals surface area contributed by atoms with Crippen molar-refractivity contribution in [2.45, 2.75) is 19.8 Å². The Kier molecular flexibility index (Phi) is 2.79. The average Bonchev–Trinajstić information content (AvgIpc) is 3.08. The van der Waals surface area contributed by atoms with Gasteiger partial charge in [-0.05, 0) is 41.8 Å². The van der Waals surface area contributed by atoms with E-state index in [1.54, 1.807) is 0 Å². The maximum Gasteiger partial charge on any atom is 0.182 e. The second kappa shape index (κ2) is 4.70. The molecule has 3 heterocycles. The highest BCUT2D eigenvalue weighted by molar-refractivity contribution is 5.88. The summed E-state index contributed by atoms with van der Waals surface area (Å²) >= 11 is 0. The van der Waals surface area contributed by atoms with Crippen LogP contribution in [0.25, 0.3) is 27.9 Å². The predicted octanol–water partition coefficient (Wildman–Crippen LogP) is 4.01. The molecule has 110 valence electrons. The molecule has 4 aromatic rings. The second-order valence-corrected chi connectivity index (χ2v) is 6.02. The van der Waals surface area contributed by atoms with Gasteiger partial charge in [0, 0.05) is 35.9 Å². The molecule has 1 aromatic carbocycles. The lowest BCUT2D eigenvalue weighted by Crippen LogP contribution is -1.87. The minimum atomic E-state index is 0.493. The van der Waals surface area contributed by atoms with Gasteiger partial charge in [0.2, 0.25) is 0 Å². The molecule has 4 heteroatoms. The van der Waals surface area contributed by atoms with Gasteiger partial charge in [-0.15, -0.1) is 5.10 Å². The molecule has 0 saturated heterocycles. The number of benzene rings is 1. The van der Waals surface area contributed by atoms with Crippen LogP contribution < -0.4 is 0 Å². The van der Waals surface area contributed by atoms with Gasteiger partial charge < -0.3 is 4.57 Å². The smallest absolute Gasteiger partial charge is 0.182 e. The van der Waals surface area contributed by atoms with E-state index in [1.807, 2.05) is 28.9 Å². The molecule has 3 aromatic heterocycles. The van der Waals surface area contributed by atoms with Crippen LogP contribution in [0.4, 0.5) is 0 Å². The Morgan fingerprint density at radius 3 is 2.73 bits per heavy atom. The molecule has 0 bridgehead atoms. The molecule has 0 fully saturated rings. The van der Waals surface area contributed by atoms with E-state index in [1.165, 1.54) is 16.5 Å². The van der Waals surface area contributed by atoms with Crippen molar-refractivity contribution in [1.82, 2.24) is 19.2 Å². The number of pyridine rings is 1. The lowest BCUT2D eigenvalue weighted by atomic mass is 10.0. The first-order chi connectivity index (χ1) is 10.6. The van der Waals surface area contributed by atoms with Crippen LogP contribution in [0.1, 0.15) is 25.3 Å². The predicted molar refractivity (Wildman–Crippen MR) is 89.0 cm³/mol. The standard InChI is InChI=1S/C18H18N4/c1-12(2)15-11-21(3)16-8-7-13(10-14(15)16)18-19-17-6-4-5-9-22(17)20-18/h4-12H,1-3H3. The van der Waals surface area contributed by atoms with Gasteiger partial charge in [-0.3, -0.25) is 0 Å². The van der Waals surface area contributed by atoms with Crippen molar-refractivity contribution >= 4 is 16.6 Å². The Balaban J connectivity index is 1.93. The Labute approximate surface area is 129 Å². The van der Waals surface area contributed by atoms with Gasteiger partial charge in [-0.25, -0.2) is 9.50 Å². The maximum atomic E-state index is 4.62. The van der Waals surface area contributed by atoms with Crippen molar-refractivity contribution < 1.29 is 0 Å². The third-order valence-electron chi connectivity index (χ3n) is 4.14. The first-order valence-electron chi connectivity index (χ1n) is 7.54. The zero-order valence-electron chi connectivity index (χ0n) is 13.0. The van der Waals surface area contributed by atoms with Gasteiger partial charge >= 0.3 is 0 Å².